The molecule has 1 aromatic rings. The number of alkyl halides is 3. The molecule has 0 saturated carbocycles. The summed E-state index contributed by atoms with van der Waals surface area (Å²) in [5.74, 6) is -0.164. The third-order valence-corrected chi connectivity index (χ3v) is 2.93. The average molecular weight is 243 g/mol. The lowest BCUT2D eigenvalue weighted by atomic mass is 10.0. The summed E-state index contributed by atoms with van der Waals surface area (Å²) in [6.45, 7) is 1.40. The van der Waals surface area contributed by atoms with Gasteiger partial charge in [-0.1, -0.05) is 6.07 Å². The lowest BCUT2D eigenvalue weighted by Crippen LogP contribution is -2.24. The number of fused-ring (bicyclic) bond motifs is 1. The van der Waals surface area contributed by atoms with Crippen LogP contribution in [0.15, 0.2) is 18.2 Å². The second-order valence-corrected chi connectivity index (χ2v) is 4.20. The number of benzene rings is 1. The molecule has 5 heteroatoms. The first-order chi connectivity index (χ1) is 7.88. The van der Waals surface area contributed by atoms with Crippen molar-refractivity contribution in [3.05, 3.63) is 34.9 Å². The fraction of sp³-hybridized carbons (Fsp3) is 0.417. The maximum atomic E-state index is 12.5. The molecule has 0 bridgehead atoms. The van der Waals surface area contributed by atoms with Crippen LogP contribution in [0.5, 0.6) is 0 Å². The molecule has 1 atom stereocenters. The van der Waals surface area contributed by atoms with Gasteiger partial charge in [0.25, 0.3) is 0 Å². The number of rotatable bonds is 1. The number of carbonyl (C=O) groups excluding carboxylic acids is 1. The molecule has 0 saturated heterocycles. The van der Waals surface area contributed by atoms with Crippen molar-refractivity contribution in [1.82, 2.24) is 5.32 Å². The van der Waals surface area contributed by atoms with Crippen molar-refractivity contribution < 1.29 is 18.0 Å². The van der Waals surface area contributed by atoms with Crippen LogP contribution in [0.3, 0.4) is 0 Å². The van der Waals surface area contributed by atoms with Crippen LogP contribution in [0.2, 0.25) is 0 Å². The molecule has 17 heavy (non-hydrogen) atoms. The maximum Gasteiger partial charge on any atom is 0.416 e. The van der Waals surface area contributed by atoms with E-state index in [9.17, 15) is 18.0 Å². The smallest absolute Gasteiger partial charge is 0.350 e. The number of carbonyl (C=O) groups is 1. The Bertz CT molecular complexity index is 454. The molecule has 1 N–H and O–H groups in total. The van der Waals surface area contributed by atoms with Crippen molar-refractivity contribution in [2.24, 2.45) is 0 Å². The molecule has 1 aliphatic rings. The molecular weight excluding hydrogens is 231 g/mol. The van der Waals surface area contributed by atoms with Crippen molar-refractivity contribution in [1.29, 1.82) is 0 Å². The Labute approximate surface area is 96.8 Å². The quantitative estimate of drug-likeness (QED) is 0.807. The monoisotopic (exact) mass is 243 g/mol. The summed E-state index contributed by atoms with van der Waals surface area (Å²) in [5.41, 5.74) is 0.853. The molecule has 0 aromatic heterocycles. The number of hydrogen-bond acceptors (Lipinski definition) is 1. The van der Waals surface area contributed by atoms with Crippen LogP contribution in [-0.2, 0) is 17.4 Å². The minimum atomic E-state index is -4.30. The lowest BCUT2D eigenvalue weighted by Gasteiger charge is -2.13. The maximum absolute atomic E-state index is 12.5. The Hall–Kier alpha value is -1.52. The fourth-order valence-corrected chi connectivity index (χ4v) is 2.19. The van der Waals surface area contributed by atoms with Crippen LogP contribution >= 0.6 is 0 Å². The third kappa shape index (κ3) is 2.43. The minimum absolute atomic E-state index is 0.148. The van der Waals surface area contributed by atoms with E-state index in [0.29, 0.717) is 18.4 Å². The second-order valence-electron chi connectivity index (χ2n) is 4.20. The Morgan fingerprint density at radius 1 is 1.41 bits per heavy atom. The molecule has 2 nitrogen and oxygen atoms in total. The highest BCUT2D eigenvalue weighted by Gasteiger charge is 2.32. The first kappa shape index (κ1) is 12.0. The summed E-state index contributed by atoms with van der Waals surface area (Å²) in [6.07, 6.45) is -3.07. The van der Waals surface area contributed by atoms with Gasteiger partial charge in [0, 0.05) is 6.92 Å². The van der Waals surface area contributed by atoms with Crippen molar-refractivity contribution in [2.45, 2.75) is 32.0 Å². The van der Waals surface area contributed by atoms with Gasteiger partial charge in [0.2, 0.25) is 5.91 Å². The van der Waals surface area contributed by atoms with Gasteiger partial charge in [-0.05, 0) is 36.1 Å². The van der Waals surface area contributed by atoms with E-state index in [0.717, 1.165) is 11.6 Å². The van der Waals surface area contributed by atoms with Gasteiger partial charge in [-0.3, -0.25) is 4.79 Å². The summed E-state index contributed by atoms with van der Waals surface area (Å²) in [5, 5.41) is 2.74. The predicted octanol–water partition coefficient (Wildman–Crippen LogP) is 2.83. The molecule has 0 radical (unpaired) electrons. The molecule has 1 aromatic carbocycles. The van der Waals surface area contributed by atoms with Gasteiger partial charge in [-0.25, -0.2) is 0 Å². The van der Waals surface area contributed by atoms with E-state index < -0.39 is 11.7 Å². The van der Waals surface area contributed by atoms with Crippen LogP contribution in [0.1, 0.15) is 36.1 Å². The summed E-state index contributed by atoms with van der Waals surface area (Å²) in [6, 6.07) is 3.56. The normalized spacial score (nSPS) is 18.9. The second kappa shape index (κ2) is 4.05. The van der Waals surface area contributed by atoms with E-state index in [1.807, 2.05) is 0 Å². The molecule has 0 heterocycles. The number of halogens is 3. The minimum Gasteiger partial charge on any atom is -0.350 e. The Morgan fingerprint density at radius 3 is 2.71 bits per heavy atom. The van der Waals surface area contributed by atoms with Crippen molar-refractivity contribution in [2.75, 3.05) is 0 Å². The number of nitrogens with one attached hydrogen (secondary N) is 1. The highest BCUT2D eigenvalue weighted by molar-refractivity contribution is 5.73. The predicted molar refractivity (Wildman–Crippen MR) is 56.3 cm³/mol. The Balaban J connectivity index is 2.29. The zero-order chi connectivity index (χ0) is 12.6. The molecule has 0 fully saturated rings. The summed E-state index contributed by atoms with van der Waals surface area (Å²) < 4.78 is 37.5. The SMILES string of the molecule is CC(=O)NC1CCc2cc(C(F)(F)F)ccc21. The van der Waals surface area contributed by atoms with E-state index >= 15 is 0 Å². The van der Waals surface area contributed by atoms with Crippen LogP contribution < -0.4 is 5.32 Å². The van der Waals surface area contributed by atoms with Crippen LogP contribution in [0, 0.1) is 0 Å². The molecule has 1 aliphatic carbocycles. The highest BCUT2D eigenvalue weighted by atomic mass is 19.4. The fourth-order valence-electron chi connectivity index (χ4n) is 2.19. The van der Waals surface area contributed by atoms with Gasteiger partial charge in [0.15, 0.2) is 0 Å². The van der Waals surface area contributed by atoms with Crippen LogP contribution in [0.25, 0.3) is 0 Å². The van der Waals surface area contributed by atoms with Gasteiger partial charge in [-0.2, -0.15) is 13.2 Å². The van der Waals surface area contributed by atoms with Crippen LogP contribution in [-0.4, -0.2) is 5.91 Å². The van der Waals surface area contributed by atoms with Crippen LogP contribution in [0.4, 0.5) is 13.2 Å². The summed E-state index contributed by atoms with van der Waals surface area (Å²) >= 11 is 0. The Kier molecular flexibility index (Phi) is 2.85. The van der Waals surface area contributed by atoms with E-state index in [2.05, 4.69) is 5.32 Å². The van der Waals surface area contributed by atoms with Crippen molar-refractivity contribution >= 4 is 5.91 Å². The van der Waals surface area contributed by atoms with Gasteiger partial charge in [-0.15, -0.1) is 0 Å². The van der Waals surface area contributed by atoms with Gasteiger partial charge < -0.3 is 5.32 Å². The average Bonchev–Trinajstić information content (AvgIpc) is 2.59. The van der Waals surface area contributed by atoms with Crippen molar-refractivity contribution in [3.63, 3.8) is 0 Å². The largest absolute Gasteiger partial charge is 0.416 e. The van der Waals surface area contributed by atoms with E-state index in [1.165, 1.54) is 19.1 Å². The summed E-state index contributed by atoms with van der Waals surface area (Å²) in [4.78, 5) is 10.9. The Morgan fingerprint density at radius 2 is 2.12 bits per heavy atom. The molecule has 0 spiro atoms. The number of amides is 1. The van der Waals surface area contributed by atoms with Gasteiger partial charge in [0.05, 0.1) is 11.6 Å². The molecule has 2 rings (SSSR count). The van der Waals surface area contributed by atoms with Gasteiger partial charge in [0.1, 0.15) is 0 Å². The number of hydrogen-bond donors (Lipinski definition) is 1. The van der Waals surface area contributed by atoms with Gasteiger partial charge >= 0.3 is 6.18 Å². The zero-order valence-corrected chi connectivity index (χ0v) is 9.27. The molecule has 92 valence electrons. The van der Waals surface area contributed by atoms with Crippen molar-refractivity contribution in [3.8, 4) is 0 Å². The van der Waals surface area contributed by atoms with E-state index in [-0.39, 0.29) is 11.9 Å². The first-order valence-electron chi connectivity index (χ1n) is 5.35. The molecule has 1 amide bonds. The molecular formula is C12H12F3NO. The first-order valence-corrected chi connectivity index (χ1v) is 5.35. The third-order valence-electron chi connectivity index (χ3n) is 2.93. The standard InChI is InChI=1S/C12H12F3NO/c1-7(17)16-11-5-2-8-6-9(12(13,14)15)3-4-10(8)11/h3-4,6,11H,2,5H2,1H3,(H,16,17). The zero-order valence-electron chi connectivity index (χ0n) is 9.27. The van der Waals surface area contributed by atoms with E-state index in [1.54, 1.807) is 0 Å². The van der Waals surface area contributed by atoms with E-state index in [4.69, 9.17) is 0 Å². The highest BCUT2D eigenvalue weighted by Crippen LogP contribution is 2.36. The lowest BCUT2D eigenvalue weighted by molar-refractivity contribution is -0.137. The summed E-state index contributed by atoms with van der Waals surface area (Å²) in [7, 11) is 0. The molecule has 1 unspecified atom stereocenters. The number of aryl methyl sites for hydroxylation is 1. The molecule has 0 aliphatic heterocycles. The topological polar surface area (TPSA) is 29.1 Å².